The number of carbonyl (C=O) groups excluding carboxylic acids is 2. The van der Waals surface area contributed by atoms with Crippen LogP contribution in [-0.4, -0.2) is 11.8 Å². The van der Waals surface area contributed by atoms with Gasteiger partial charge in [-0.15, -0.1) is 0 Å². The van der Waals surface area contributed by atoms with E-state index >= 15 is 0 Å². The molecule has 0 heterocycles. The van der Waals surface area contributed by atoms with Crippen molar-refractivity contribution in [2.45, 2.75) is 76.0 Å². The molecule has 32 heavy (non-hydrogen) atoms. The third-order valence-electron chi connectivity index (χ3n) is 7.94. The van der Waals surface area contributed by atoms with Crippen LogP contribution in [-0.2, 0) is 10.2 Å². The quantitative estimate of drug-likeness (QED) is 0.660. The van der Waals surface area contributed by atoms with Crippen molar-refractivity contribution in [1.82, 2.24) is 0 Å². The monoisotopic (exact) mass is 433 g/mol. The minimum absolute atomic E-state index is 0.0331. The van der Waals surface area contributed by atoms with Crippen molar-refractivity contribution >= 4 is 17.4 Å². The fourth-order valence-corrected chi connectivity index (χ4v) is 6.26. The van der Waals surface area contributed by atoms with Crippen LogP contribution >= 0.6 is 0 Å². The van der Waals surface area contributed by atoms with E-state index in [-0.39, 0.29) is 11.7 Å². The number of carboxylic acids is 1. The van der Waals surface area contributed by atoms with Gasteiger partial charge in [0, 0.05) is 16.5 Å². The molecule has 4 heteroatoms. The Labute approximate surface area is 191 Å². The lowest BCUT2D eigenvalue weighted by molar-refractivity contribution is -0.318. The van der Waals surface area contributed by atoms with Crippen molar-refractivity contribution in [2.75, 3.05) is 0 Å². The third-order valence-corrected chi connectivity index (χ3v) is 7.94. The van der Waals surface area contributed by atoms with Gasteiger partial charge in [-0.1, -0.05) is 93.8 Å². The molecule has 0 radical (unpaired) electrons. The maximum Gasteiger partial charge on any atom is 0.199 e. The van der Waals surface area contributed by atoms with Gasteiger partial charge in [0.15, 0.2) is 5.78 Å². The van der Waals surface area contributed by atoms with Crippen LogP contribution in [0.3, 0.4) is 0 Å². The Morgan fingerprint density at radius 2 is 1.47 bits per heavy atom. The third kappa shape index (κ3) is 4.38. The number of rotatable bonds is 7. The van der Waals surface area contributed by atoms with Gasteiger partial charge in [-0.05, 0) is 37.2 Å². The summed E-state index contributed by atoms with van der Waals surface area (Å²) in [7, 11) is 0. The van der Waals surface area contributed by atoms with Gasteiger partial charge in [0.1, 0.15) is 5.69 Å². The molecule has 0 amide bonds. The van der Waals surface area contributed by atoms with Crippen molar-refractivity contribution in [1.29, 1.82) is 0 Å². The number of hydrogen-bond acceptors (Lipinski definition) is 3. The lowest BCUT2D eigenvalue weighted by Gasteiger charge is -2.46. The molecule has 0 aromatic heterocycles. The normalized spacial score (nSPS) is 19.9. The van der Waals surface area contributed by atoms with Gasteiger partial charge in [0.05, 0.1) is 11.5 Å². The largest absolute Gasteiger partial charge is 0.549 e. The number of hydrogen-bond donors (Lipinski definition) is 1. The van der Waals surface area contributed by atoms with E-state index in [0.717, 1.165) is 44.9 Å². The highest BCUT2D eigenvalue weighted by Crippen LogP contribution is 2.49. The Balaban J connectivity index is 1.81. The van der Waals surface area contributed by atoms with E-state index in [0.29, 0.717) is 34.7 Å². The van der Waals surface area contributed by atoms with Crippen LogP contribution < -0.4 is 10.8 Å². The van der Waals surface area contributed by atoms with Crippen LogP contribution in [0.5, 0.6) is 0 Å². The van der Waals surface area contributed by atoms with Gasteiger partial charge >= 0.3 is 0 Å². The lowest BCUT2D eigenvalue weighted by Crippen LogP contribution is -2.56. The summed E-state index contributed by atoms with van der Waals surface area (Å²) in [6.07, 6.45) is 11.4. The maximum atomic E-state index is 13.3. The summed E-state index contributed by atoms with van der Waals surface area (Å²) in [6, 6.07) is 14.7. The van der Waals surface area contributed by atoms with Gasteiger partial charge in [-0.25, -0.2) is 0 Å². The van der Waals surface area contributed by atoms with Crippen LogP contribution in [0, 0.1) is 11.8 Å². The molecule has 2 aromatic carbocycles. The standard InChI is InChI=1S/C28H35NO3/c29-25-23(26(30)21-13-6-2-7-14-21)17-10-18-24(25)28(27(31)32,22-15-8-3-9-16-22)19-20-11-4-1-5-12-20/h2,6-7,10,13-14,17-18,20,22H,1,3-5,8-9,11-12,15-16,19,29H2,(H,31,32). The molecule has 1 unspecified atom stereocenters. The zero-order valence-electron chi connectivity index (χ0n) is 19.0. The maximum absolute atomic E-state index is 13.3. The number of aliphatic carboxylic acids is 1. The second kappa shape index (κ2) is 9.99. The van der Waals surface area contributed by atoms with Crippen molar-refractivity contribution in [3.8, 4) is 0 Å². The number of carboxylic acid groups (broad SMARTS) is 1. The van der Waals surface area contributed by atoms with Gasteiger partial charge < -0.3 is 15.6 Å². The molecule has 4 nitrogen and oxygen atoms in total. The molecule has 2 aliphatic rings. The van der Waals surface area contributed by atoms with Crippen LogP contribution in [0.1, 0.15) is 92.1 Å². The summed E-state index contributed by atoms with van der Waals surface area (Å²) >= 11 is 0. The zero-order valence-corrected chi connectivity index (χ0v) is 19.0. The lowest BCUT2D eigenvalue weighted by atomic mass is 9.59. The summed E-state index contributed by atoms with van der Waals surface area (Å²) in [4.78, 5) is 26.4. The smallest absolute Gasteiger partial charge is 0.199 e. The van der Waals surface area contributed by atoms with Crippen LogP contribution in [0.4, 0.5) is 5.69 Å². The first-order valence-electron chi connectivity index (χ1n) is 12.3. The second-order valence-electron chi connectivity index (χ2n) is 9.83. The van der Waals surface area contributed by atoms with Crippen LogP contribution in [0.2, 0.25) is 0 Å². The average Bonchev–Trinajstić information content (AvgIpc) is 2.84. The van der Waals surface area contributed by atoms with Gasteiger partial charge in [0.2, 0.25) is 0 Å². The Morgan fingerprint density at radius 3 is 2.09 bits per heavy atom. The molecule has 2 saturated carbocycles. The van der Waals surface area contributed by atoms with Crippen LogP contribution in [0.15, 0.2) is 48.5 Å². The molecule has 2 aromatic rings. The van der Waals surface area contributed by atoms with Crippen molar-refractivity contribution in [3.05, 3.63) is 65.2 Å². The van der Waals surface area contributed by atoms with Crippen molar-refractivity contribution in [3.63, 3.8) is 0 Å². The second-order valence-corrected chi connectivity index (χ2v) is 9.83. The molecule has 1 atom stereocenters. The van der Waals surface area contributed by atoms with E-state index < -0.39 is 11.4 Å². The first-order valence-corrected chi connectivity index (χ1v) is 12.3. The SMILES string of the molecule is [NH3+]c1c(C(=O)c2ccccc2)cccc1C(CC1CCCCC1)(C(=O)[O-])C1CCCCC1. The Kier molecular flexibility index (Phi) is 7.10. The van der Waals surface area contributed by atoms with E-state index in [2.05, 4.69) is 5.73 Å². The fourth-order valence-electron chi connectivity index (χ4n) is 6.26. The molecule has 2 aliphatic carbocycles. The van der Waals surface area contributed by atoms with Crippen LogP contribution in [0.25, 0.3) is 0 Å². The van der Waals surface area contributed by atoms with E-state index in [1.165, 1.54) is 19.3 Å². The molecule has 0 saturated heterocycles. The Morgan fingerprint density at radius 1 is 0.844 bits per heavy atom. The summed E-state index contributed by atoms with van der Waals surface area (Å²) in [5.41, 5.74) is 5.58. The highest BCUT2D eigenvalue weighted by Gasteiger charge is 2.46. The predicted octanol–water partition coefficient (Wildman–Crippen LogP) is 4.33. The highest BCUT2D eigenvalue weighted by molar-refractivity contribution is 6.12. The summed E-state index contributed by atoms with van der Waals surface area (Å²) < 4.78 is 0. The minimum atomic E-state index is -1.08. The summed E-state index contributed by atoms with van der Waals surface area (Å²) in [6.45, 7) is 0. The molecule has 0 bridgehead atoms. The fraction of sp³-hybridized carbons (Fsp3) is 0.500. The number of benzene rings is 2. The highest BCUT2D eigenvalue weighted by atomic mass is 16.4. The molecule has 2 fully saturated rings. The predicted molar refractivity (Wildman–Crippen MR) is 123 cm³/mol. The van der Waals surface area contributed by atoms with E-state index in [9.17, 15) is 14.7 Å². The van der Waals surface area contributed by atoms with E-state index in [4.69, 9.17) is 0 Å². The topological polar surface area (TPSA) is 84.8 Å². The van der Waals surface area contributed by atoms with E-state index in [1.807, 2.05) is 30.3 Å². The van der Waals surface area contributed by atoms with Gasteiger partial charge in [0.25, 0.3) is 0 Å². The number of carbonyl (C=O) groups is 2. The summed E-state index contributed by atoms with van der Waals surface area (Å²) in [5.74, 6) is -0.669. The molecule has 0 spiro atoms. The van der Waals surface area contributed by atoms with E-state index in [1.54, 1.807) is 18.2 Å². The molecule has 3 N–H and O–H groups in total. The number of quaternary nitrogens is 1. The summed E-state index contributed by atoms with van der Waals surface area (Å²) in [5, 5.41) is 13.1. The van der Waals surface area contributed by atoms with Gasteiger partial charge in [-0.3, -0.25) is 4.79 Å². The molecule has 0 aliphatic heterocycles. The Bertz CT molecular complexity index is 942. The first kappa shape index (κ1) is 22.7. The van der Waals surface area contributed by atoms with Crippen molar-refractivity contribution in [2.24, 2.45) is 11.8 Å². The molecular weight excluding hydrogens is 398 g/mol. The first-order chi connectivity index (χ1) is 15.5. The average molecular weight is 434 g/mol. The van der Waals surface area contributed by atoms with Crippen molar-refractivity contribution < 1.29 is 20.4 Å². The number of ketones is 1. The molecule has 4 rings (SSSR count). The zero-order chi connectivity index (χ0) is 22.6. The molecular formula is C28H35NO3. The van der Waals surface area contributed by atoms with Gasteiger partial charge in [-0.2, -0.15) is 0 Å². The Hall–Kier alpha value is -2.46. The minimum Gasteiger partial charge on any atom is -0.549 e. The molecule has 170 valence electrons.